The van der Waals surface area contributed by atoms with E-state index in [1.807, 2.05) is 13.8 Å². The van der Waals surface area contributed by atoms with Crippen LogP contribution >= 0.6 is 0 Å². The second-order valence-electron chi connectivity index (χ2n) is 3.25. The second kappa shape index (κ2) is 7.50. The zero-order chi connectivity index (χ0) is 10.2. The summed E-state index contributed by atoms with van der Waals surface area (Å²) in [6.07, 6.45) is 2.20. The lowest BCUT2D eigenvalue weighted by molar-refractivity contribution is 0.188. The largest absolute Gasteiger partial charge is 0.395 e. The molecule has 0 unspecified atom stereocenters. The Morgan fingerprint density at radius 1 is 1.08 bits per heavy atom. The summed E-state index contributed by atoms with van der Waals surface area (Å²) in [7, 11) is -1.84. The summed E-state index contributed by atoms with van der Waals surface area (Å²) < 4.78 is 11.4. The number of hydrogen-bond acceptors (Lipinski definition) is 3. The molecule has 0 rings (SSSR count). The molecule has 0 heterocycles. The normalized spacial score (nSPS) is 12.0. The summed E-state index contributed by atoms with van der Waals surface area (Å²) in [5, 5.41) is 0. The molecule has 0 fully saturated rings. The van der Waals surface area contributed by atoms with Gasteiger partial charge in [-0.05, 0) is 39.4 Å². The zero-order valence-electron chi connectivity index (χ0n) is 9.14. The molecule has 0 amide bonds. The predicted octanol–water partition coefficient (Wildman–Crippen LogP) is 1.87. The summed E-state index contributed by atoms with van der Waals surface area (Å²) in [4.78, 5) is 0. The van der Waals surface area contributed by atoms with Crippen LogP contribution in [0.15, 0.2) is 0 Å². The van der Waals surface area contributed by atoms with Crippen LogP contribution in [0, 0.1) is 0 Å². The van der Waals surface area contributed by atoms with Gasteiger partial charge in [-0.2, -0.15) is 0 Å². The van der Waals surface area contributed by atoms with E-state index in [1.165, 1.54) is 0 Å². The van der Waals surface area contributed by atoms with Crippen LogP contribution in [0.1, 0.15) is 26.7 Å². The van der Waals surface area contributed by atoms with Crippen LogP contribution < -0.4 is 5.73 Å². The van der Waals surface area contributed by atoms with Crippen LogP contribution in [-0.2, 0) is 8.85 Å². The Labute approximate surface area is 82.9 Å². The first-order valence-electron chi connectivity index (χ1n) is 5.16. The quantitative estimate of drug-likeness (QED) is 0.486. The molecule has 13 heavy (non-hydrogen) atoms. The molecule has 2 N–H and O–H groups in total. The van der Waals surface area contributed by atoms with Crippen molar-refractivity contribution in [2.45, 2.75) is 39.3 Å². The molecule has 0 radical (unpaired) electrons. The molecule has 0 bridgehead atoms. The first-order chi connectivity index (χ1) is 6.18. The molecular weight excluding hydrogens is 182 g/mol. The average molecular weight is 205 g/mol. The van der Waals surface area contributed by atoms with Gasteiger partial charge in [0.05, 0.1) is 0 Å². The summed E-state index contributed by atoms with van der Waals surface area (Å²) in [5.41, 5.74) is 5.44. The van der Waals surface area contributed by atoms with E-state index in [-0.39, 0.29) is 0 Å². The fraction of sp³-hybridized carbons (Fsp3) is 1.00. The molecule has 0 aromatic rings. The van der Waals surface area contributed by atoms with Crippen LogP contribution in [0.4, 0.5) is 0 Å². The van der Waals surface area contributed by atoms with Crippen molar-refractivity contribution in [1.29, 1.82) is 0 Å². The fourth-order valence-corrected chi connectivity index (χ4v) is 3.87. The maximum atomic E-state index is 5.69. The smallest absolute Gasteiger partial charge is 0.334 e. The van der Waals surface area contributed by atoms with Crippen molar-refractivity contribution >= 4 is 8.56 Å². The predicted molar refractivity (Wildman–Crippen MR) is 58.0 cm³/mol. The van der Waals surface area contributed by atoms with Crippen molar-refractivity contribution in [2.75, 3.05) is 19.8 Å². The van der Waals surface area contributed by atoms with Crippen LogP contribution in [0.3, 0.4) is 0 Å². The SMILES string of the molecule is CCO[Si](C)(CCCCN)OCC. The summed E-state index contributed by atoms with van der Waals surface area (Å²) in [6, 6.07) is 1.06. The third kappa shape index (κ3) is 6.21. The maximum Gasteiger partial charge on any atom is 0.334 e. The van der Waals surface area contributed by atoms with Crippen LogP contribution in [-0.4, -0.2) is 28.3 Å². The number of unbranched alkanes of at least 4 members (excludes halogenated alkanes) is 1. The Morgan fingerprint density at radius 2 is 1.62 bits per heavy atom. The van der Waals surface area contributed by atoms with Crippen molar-refractivity contribution in [1.82, 2.24) is 0 Å². The van der Waals surface area contributed by atoms with Gasteiger partial charge in [0.2, 0.25) is 0 Å². The Balaban J connectivity index is 3.76. The van der Waals surface area contributed by atoms with Crippen molar-refractivity contribution in [3.63, 3.8) is 0 Å². The molecule has 0 aromatic carbocycles. The van der Waals surface area contributed by atoms with Gasteiger partial charge in [0.25, 0.3) is 0 Å². The van der Waals surface area contributed by atoms with Gasteiger partial charge in [0.15, 0.2) is 0 Å². The minimum atomic E-state index is -1.84. The lowest BCUT2D eigenvalue weighted by Crippen LogP contribution is -2.38. The highest BCUT2D eigenvalue weighted by Gasteiger charge is 2.29. The Morgan fingerprint density at radius 3 is 2.00 bits per heavy atom. The highest BCUT2D eigenvalue weighted by Crippen LogP contribution is 2.16. The van der Waals surface area contributed by atoms with E-state index in [1.54, 1.807) is 0 Å². The summed E-state index contributed by atoms with van der Waals surface area (Å²) in [6.45, 7) is 8.45. The number of nitrogens with two attached hydrogens (primary N) is 1. The molecule has 0 aliphatic heterocycles. The highest BCUT2D eigenvalue weighted by molar-refractivity contribution is 6.66. The van der Waals surface area contributed by atoms with Crippen LogP contribution in [0.25, 0.3) is 0 Å². The van der Waals surface area contributed by atoms with E-state index < -0.39 is 8.56 Å². The van der Waals surface area contributed by atoms with Crippen LogP contribution in [0.5, 0.6) is 0 Å². The average Bonchev–Trinajstić information content (AvgIpc) is 2.05. The minimum absolute atomic E-state index is 0.755. The van der Waals surface area contributed by atoms with Crippen molar-refractivity contribution in [2.24, 2.45) is 5.73 Å². The highest BCUT2D eigenvalue weighted by atomic mass is 28.4. The van der Waals surface area contributed by atoms with Crippen LogP contribution in [0.2, 0.25) is 12.6 Å². The van der Waals surface area contributed by atoms with Gasteiger partial charge < -0.3 is 14.6 Å². The molecule has 0 atom stereocenters. The molecule has 0 saturated heterocycles. The standard InChI is InChI=1S/C9H23NO2Si/c1-4-11-13(3,12-5-2)9-7-6-8-10/h4-10H2,1-3H3. The van der Waals surface area contributed by atoms with E-state index in [0.717, 1.165) is 38.6 Å². The van der Waals surface area contributed by atoms with Gasteiger partial charge in [-0.1, -0.05) is 6.42 Å². The van der Waals surface area contributed by atoms with Gasteiger partial charge in [-0.15, -0.1) is 0 Å². The zero-order valence-corrected chi connectivity index (χ0v) is 10.1. The molecular formula is C9H23NO2Si. The first kappa shape index (κ1) is 13.1. The maximum absolute atomic E-state index is 5.69. The molecule has 3 nitrogen and oxygen atoms in total. The molecule has 80 valence electrons. The fourth-order valence-electron chi connectivity index (χ4n) is 1.39. The second-order valence-corrected chi connectivity index (χ2v) is 6.59. The number of rotatable bonds is 8. The molecule has 4 heteroatoms. The lowest BCUT2D eigenvalue weighted by Gasteiger charge is -2.25. The third-order valence-electron chi connectivity index (χ3n) is 1.98. The van der Waals surface area contributed by atoms with Crippen molar-refractivity contribution < 1.29 is 8.85 Å². The summed E-state index contributed by atoms with van der Waals surface area (Å²) in [5.74, 6) is 0. The monoisotopic (exact) mass is 205 g/mol. The Kier molecular flexibility index (Phi) is 7.55. The van der Waals surface area contributed by atoms with Gasteiger partial charge in [0, 0.05) is 13.2 Å². The lowest BCUT2D eigenvalue weighted by atomic mass is 10.3. The topological polar surface area (TPSA) is 44.5 Å². The Bertz CT molecular complexity index is 116. The van der Waals surface area contributed by atoms with Crippen molar-refractivity contribution in [3.8, 4) is 0 Å². The number of hydrogen-bond donors (Lipinski definition) is 1. The van der Waals surface area contributed by atoms with Gasteiger partial charge in [-0.25, -0.2) is 0 Å². The third-order valence-corrected chi connectivity index (χ3v) is 5.04. The molecule has 0 aliphatic carbocycles. The Hall–Kier alpha value is 0.0969. The van der Waals surface area contributed by atoms with E-state index in [0.29, 0.717) is 0 Å². The minimum Gasteiger partial charge on any atom is -0.395 e. The summed E-state index contributed by atoms with van der Waals surface area (Å²) >= 11 is 0. The molecule has 0 saturated carbocycles. The molecule has 0 spiro atoms. The first-order valence-corrected chi connectivity index (χ1v) is 7.69. The van der Waals surface area contributed by atoms with Gasteiger partial charge in [0.1, 0.15) is 0 Å². The van der Waals surface area contributed by atoms with Gasteiger partial charge in [-0.3, -0.25) is 0 Å². The van der Waals surface area contributed by atoms with E-state index in [2.05, 4.69) is 6.55 Å². The molecule has 0 aliphatic rings. The van der Waals surface area contributed by atoms with Gasteiger partial charge >= 0.3 is 8.56 Å². The molecule has 0 aromatic heterocycles. The van der Waals surface area contributed by atoms with E-state index >= 15 is 0 Å². The van der Waals surface area contributed by atoms with E-state index in [4.69, 9.17) is 14.6 Å². The van der Waals surface area contributed by atoms with Crippen molar-refractivity contribution in [3.05, 3.63) is 0 Å². The van der Waals surface area contributed by atoms with E-state index in [9.17, 15) is 0 Å².